The van der Waals surface area contributed by atoms with E-state index in [0.29, 0.717) is 11.1 Å². The molecule has 1 radical (unpaired) electrons. The molecular formula is C13H9ClFO2S. The molecule has 0 aliphatic heterocycles. The zero-order chi connectivity index (χ0) is 13.3. The lowest BCUT2D eigenvalue weighted by molar-refractivity contribution is 0.602. The first-order valence-corrected chi connectivity index (χ1v) is 7.33. The zero-order valence-electron chi connectivity index (χ0n) is 9.44. The Morgan fingerprint density at radius 3 is 2.61 bits per heavy atom. The first kappa shape index (κ1) is 13.1. The Morgan fingerprint density at radius 2 is 2.00 bits per heavy atom. The van der Waals surface area contributed by atoms with Crippen molar-refractivity contribution < 1.29 is 12.8 Å². The van der Waals surface area contributed by atoms with E-state index in [0.717, 1.165) is 6.26 Å². The van der Waals surface area contributed by atoms with Crippen LogP contribution in [0.1, 0.15) is 0 Å². The molecular weight excluding hydrogens is 275 g/mol. The molecule has 2 nitrogen and oxygen atoms in total. The maximum absolute atomic E-state index is 13.1. The fourth-order valence-corrected chi connectivity index (χ4v) is 2.66. The minimum absolute atomic E-state index is 0.0517. The zero-order valence-corrected chi connectivity index (χ0v) is 11.0. The molecule has 0 N–H and O–H groups in total. The van der Waals surface area contributed by atoms with Gasteiger partial charge in [0.1, 0.15) is 5.82 Å². The largest absolute Gasteiger partial charge is 0.224 e. The van der Waals surface area contributed by atoms with Gasteiger partial charge in [0.2, 0.25) is 0 Å². The van der Waals surface area contributed by atoms with Crippen molar-refractivity contribution in [3.63, 3.8) is 0 Å². The smallest absolute Gasteiger partial charge is 0.176 e. The fraction of sp³-hybridized carbons (Fsp3) is 0.0769. The summed E-state index contributed by atoms with van der Waals surface area (Å²) in [7, 11) is -3.37. The minimum atomic E-state index is -3.37. The second kappa shape index (κ2) is 4.71. The third-order valence-corrected chi connectivity index (χ3v) is 3.85. The van der Waals surface area contributed by atoms with Gasteiger partial charge in [-0.3, -0.25) is 0 Å². The molecule has 0 amide bonds. The molecule has 2 aromatic carbocycles. The molecule has 0 saturated heterocycles. The Bertz CT molecular complexity index is 696. The van der Waals surface area contributed by atoms with Gasteiger partial charge in [0, 0.05) is 11.8 Å². The molecule has 0 fully saturated rings. The lowest BCUT2D eigenvalue weighted by atomic mass is 10.1. The molecule has 2 aromatic rings. The number of hydrogen-bond donors (Lipinski definition) is 0. The molecule has 2 rings (SSSR count). The SMILES string of the molecule is CS(=O)(=O)c1ccc[c]c1-c1ccc(F)c(Cl)c1. The first-order chi connectivity index (χ1) is 8.39. The Kier molecular flexibility index (Phi) is 3.41. The lowest BCUT2D eigenvalue weighted by Gasteiger charge is -2.08. The van der Waals surface area contributed by atoms with E-state index >= 15 is 0 Å². The van der Waals surface area contributed by atoms with Gasteiger partial charge < -0.3 is 0 Å². The van der Waals surface area contributed by atoms with E-state index < -0.39 is 15.7 Å². The van der Waals surface area contributed by atoms with Gasteiger partial charge in [-0.2, -0.15) is 0 Å². The second-order valence-corrected chi connectivity index (χ2v) is 6.20. The highest BCUT2D eigenvalue weighted by Gasteiger charge is 2.14. The minimum Gasteiger partial charge on any atom is -0.224 e. The normalized spacial score (nSPS) is 11.5. The van der Waals surface area contributed by atoms with Crippen LogP contribution in [-0.4, -0.2) is 14.7 Å². The van der Waals surface area contributed by atoms with Gasteiger partial charge in [0.15, 0.2) is 9.84 Å². The second-order valence-electron chi connectivity index (χ2n) is 3.81. The molecule has 0 aromatic heterocycles. The van der Waals surface area contributed by atoms with Crippen molar-refractivity contribution in [1.29, 1.82) is 0 Å². The summed E-state index contributed by atoms with van der Waals surface area (Å²) in [6.45, 7) is 0. The number of sulfone groups is 1. The predicted octanol–water partition coefficient (Wildman–Crippen LogP) is 3.35. The van der Waals surface area contributed by atoms with E-state index in [1.165, 1.54) is 24.3 Å². The molecule has 0 spiro atoms. The van der Waals surface area contributed by atoms with Gasteiger partial charge in [0.25, 0.3) is 0 Å². The van der Waals surface area contributed by atoms with Gasteiger partial charge in [-0.15, -0.1) is 0 Å². The van der Waals surface area contributed by atoms with Crippen LogP contribution in [0.2, 0.25) is 5.02 Å². The lowest BCUT2D eigenvalue weighted by Crippen LogP contribution is -1.99. The van der Waals surface area contributed by atoms with Crippen molar-refractivity contribution in [3.05, 3.63) is 53.3 Å². The standard InChI is InChI=1S/C13H9ClFO2S/c1-18(16,17)13-5-3-2-4-10(13)9-6-7-12(15)11(14)8-9/h2-3,5-8H,1H3. The summed E-state index contributed by atoms with van der Waals surface area (Å²) in [5.41, 5.74) is 0.907. The summed E-state index contributed by atoms with van der Waals surface area (Å²) in [6.07, 6.45) is 1.12. The average Bonchev–Trinajstić information content (AvgIpc) is 2.32. The van der Waals surface area contributed by atoms with Crippen molar-refractivity contribution in [2.75, 3.05) is 6.26 Å². The molecule has 0 heterocycles. The quantitative estimate of drug-likeness (QED) is 0.847. The van der Waals surface area contributed by atoms with Crippen LogP contribution in [-0.2, 0) is 9.84 Å². The highest BCUT2D eigenvalue weighted by molar-refractivity contribution is 7.90. The van der Waals surface area contributed by atoms with E-state index in [9.17, 15) is 12.8 Å². The van der Waals surface area contributed by atoms with E-state index in [1.54, 1.807) is 12.1 Å². The summed E-state index contributed by atoms with van der Waals surface area (Å²) < 4.78 is 36.4. The van der Waals surface area contributed by atoms with E-state index in [-0.39, 0.29) is 9.92 Å². The van der Waals surface area contributed by atoms with Crippen LogP contribution in [0.5, 0.6) is 0 Å². The Labute approximate surface area is 110 Å². The Balaban J connectivity index is 2.68. The monoisotopic (exact) mass is 283 g/mol. The fourth-order valence-electron chi connectivity index (χ4n) is 1.61. The number of halogens is 2. The van der Waals surface area contributed by atoms with Crippen molar-refractivity contribution in [2.45, 2.75) is 4.90 Å². The highest BCUT2D eigenvalue weighted by atomic mass is 35.5. The van der Waals surface area contributed by atoms with Crippen molar-refractivity contribution in [2.24, 2.45) is 0 Å². The maximum atomic E-state index is 13.1. The van der Waals surface area contributed by atoms with Gasteiger partial charge in [0.05, 0.1) is 9.92 Å². The van der Waals surface area contributed by atoms with Crippen LogP contribution in [0.25, 0.3) is 11.1 Å². The molecule has 0 aliphatic carbocycles. The van der Waals surface area contributed by atoms with Crippen LogP contribution in [0, 0.1) is 11.9 Å². The van der Waals surface area contributed by atoms with Crippen molar-refractivity contribution >= 4 is 21.4 Å². The van der Waals surface area contributed by atoms with Gasteiger partial charge in [-0.05, 0) is 29.8 Å². The molecule has 18 heavy (non-hydrogen) atoms. The Morgan fingerprint density at radius 1 is 1.28 bits per heavy atom. The first-order valence-electron chi connectivity index (χ1n) is 5.06. The average molecular weight is 284 g/mol. The summed E-state index contributed by atoms with van der Waals surface area (Å²) in [5, 5.41) is -0.0517. The van der Waals surface area contributed by atoms with Crippen LogP contribution in [0.4, 0.5) is 4.39 Å². The summed E-state index contributed by atoms with van der Waals surface area (Å²) in [5.74, 6) is -0.544. The summed E-state index contributed by atoms with van der Waals surface area (Å²) in [6, 6.07) is 11.6. The van der Waals surface area contributed by atoms with Crippen LogP contribution in [0.3, 0.4) is 0 Å². The number of rotatable bonds is 2. The summed E-state index contributed by atoms with van der Waals surface area (Å²) in [4.78, 5) is 0.146. The number of hydrogen-bond acceptors (Lipinski definition) is 2. The van der Waals surface area contributed by atoms with Crippen LogP contribution < -0.4 is 0 Å². The van der Waals surface area contributed by atoms with Gasteiger partial charge in [-0.1, -0.05) is 29.8 Å². The van der Waals surface area contributed by atoms with E-state index in [4.69, 9.17) is 11.6 Å². The third-order valence-electron chi connectivity index (χ3n) is 2.43. The van der Waals surface area contributed by atoms with E-state index in [1.807, 2.05) is 0 Å². The predicted molar refractivity (Wildman–Crippen MR) is 68.8 cm³/mol. The van der Waals surface area contributed by atoms with Crippen molar-refractivity contribution in [3.8, 4) is 11.1 Å². The highest BCUT2D eigenvalue weighted by Crippen LogP contribution is 2.29. The van der Waals surface area contributed by atoms with Crippen LogP contribution in [0.15, 0.2) is 41.3 Å². The third kappa shape index (κ3) is 2.54. The van der Waals surface area contributed by atoms with Crippen LogP contribution >= 0.6 is 11.6 Å². The molecule has 5 heteroatoms. The molecule has 0 aliphatic rings. The molecule has 93 valence electrons. The van der Waals surface area contributed by atoms with E-state index in [2.05, 4.69) is 6.07 Å². The van der Waals surface area contributed by atoms with Crippen molar-refractivity contribution in [1.82, 2.24) is 0 Å². The van der Waals surface area contributed by atoms with Gasteiger partial charge in [-0.25, -0.2) is 12.8 Å². The molecule has 0 bridgehead atoms. The maximum Gasteiger partial charge on any atom is 0.176 e. The summed E-state index contributed by atoms with van der Waals surface area (Å²) >= 11 is 5.69. The molecule has 0 saturated carbocycles. The Hall–Kier alpha value is -1.39. The molecule has 0 atom stereocenters. The molecule has 0 unspecified atom stereocenters. The number of benzene rings is 2. The van der Waals surface area contributed by atoms with Gasteiger partial charge >= 0.3 is 0 Å². The topological polar surface area (TPSA) is 34.1 Å².